The largest absolute Gasteiger partial charge is 0.467 e. The Balaban J connectivity index is 2.18. The number of methoxy groups -OCH3 is 1. The monoisotopic (exact) mass is 253 g/mol. The number of amides is 1. The van der Waals surface area contributed by atoms with E-state index >= 15 is 0 Å². The number of ether oxygens (including phenoxy) is 2. The van der Waals surface area contributed by atoms with Gasteiger partial charge in [0.05, 0.1) is 20.3 Å². The third kappa shape index (κ3) is 2.30. The molecule has 0 saturated carbocycles. The van der Waals surface area contributed by atoms with E-state index in [1.807, 2.05) is 0 Å². The number of hydrogen-bond donors (Lipinski definition) is 2. The Bertz CT molecular complexity index is 457. The van der Waals surface area contributed by atoms with Crippen molar-refractivity contribution < 1.29 is 19.1 Å². The van der Waals surface area contributed by atoms with Crippen LogP contribution in [0.2, 0.25) is 0 Å². The average molecular weight is 253 g/mol. The number of aromatic amines is 1. The molecule has 2 rings (SSSR count). The van der Waals surface area contributed by atoms with Crippen LogP contribution in [0.4, 0.5) is 5.69 Å². The van der Waals surface area contributed by atoms with Crippen molar-refractivity contribution in [2.24, 2.45) is 0 Å². The third-order valence-electron chi connectivity index (χ3n) is 2.80. The minimum Gasteiger partial charge on any atom is -0.467 e. The van der Waals surface area contributed by atoms with E-state index in [1.165, 1.54) is 24.3 Å². The van der Waals surface area contributed by atoms with Crippen LogP contribution in [0.3, 0.4) is 0 Å². The fourth-order valence-corrected chi connectivity index (χ4v) is 1.87. The van der Waals surface area contributed by atoms with Gasteiger partial charge in [-0.1, -0.05) is 0 Å². The third-order valence-corrected chi connectivity index (χ3v) is 2.80. The van der Waals surface area contributed by atoms with Gasteiger partial charge in [0, 0.05) is 18.4 Å². The summed E-state index contributed by atoms with van der Waals surface area (Å²) in [5, 5.41) is 0. The van der Waals surface area contributed by atoms with E-state index in [-0.39, 0.29) is 12.5 Å². The van der Waals surface area contributed by atoms with Crippen molar-refractivity contribution in [3.8, 4) is 0 Å². The van der Waals surface area contributed by atoms with Gasteiger partial charge in [-0.25, -0.2) is 4.79 Å². The zero-order valence-corrected chi connectivity index (χ0v) is 10.0. The van der Waals surface area contributed by atoms with Crippen LogP contribution in [-0.2, 0) is 14.3 Å². The summed E-state index contributed by atoms with van der Waals surface area (Å²) in [4.78, 5) is 28.0. The molecule has 1 fully saturated rings. The van der Waals surface area contributed by atoms with Gasteiger partial charge in [-0.2, -0.15) is 0 Å². The molecule has 7 nitrogen and oxygen atoms in total. The average Bonchev–Trinajstić information content (AvgIpc) is 2.83. The zero-order chi connectivity index (χ0) is 13.1. The van der Waals surface area contributed by atoms with Gasteiger partial charge in [-0.3, -0.25) is 4.79 Å². The number of nitrogens with one attached hydrogen (secondary N) is 1. The van der Waals surface area contributed by atoms with Crippen molar-refractivity contribution in [3.05, 3.63) is 18.0 Å². The van der Waals surface area contributed by atoms with Gasteiger partial charge in [0.2, 0.25) is 0 Å². The first-order chi connectivity index (χ1) is 8.63. The molecule has 18 heavy (non-hydrogen) atoms. The first kappa shape index (κ1) is 12.4. The first-order valence-electron chi connectivity index (χ1n) is 5.54. The summed E-state index contributed by atoms with van der Waals surface area (Å²) in [5.74, 6) is -0.770. The Labute approximate surface area is 104 Å². The van der Waals surface area contributed by atoms with Gasteiger partial charge in [0.1, 0.15) is 5.69 Å². The van der Waals surface area contributed by atoms with Crippen LogP contribution < -0.4 is 5.73 Å². The lowest BCUT2D eigenvalue weighted by atomic mass is 10.2. The maximum absolute atomic E-state index is 12.2. The van der Waals surface area contributed by atoms with Crippen molar-refractivity contribution in [3.63, 3.8) is 0 Å². The van der Waals surface area contributed by atoms with Gasteiger partial charge in [-0.15, -0.1) is 0 Å². The van der Waals surface area contributed by atoms with Crippen molar-refractivity contribution in [1.29, 1.82) is 0 Å². The molecule has 0 radical (unpaired) electrons. The Morgan fingerprint density at radius 2 is 2.39 bits per heavy atom. The quantitative estimate of drug-likeness (QED) is 0.700. The number of rotatable bonds is 2. The lowest BCUT2D eigenvalue weighted by Gasteiger charge is -2.33. The van der Waals surface area contributed by atoms with E-state index in [4.69, 9.17) is 10.5 Å². The number of carbonyl (C=O) groups is 2. The molecule has 1 aromatic rings. The van der Waals surface area contributed by atoms with Gasteiger partial charge >= 0.3 is 5.97 Å². The second kappa shape index (κ2) is 5.09. The molecule has 0 aliphatic carbocycles. The van der Waals surface area contributed by atoms with E-state index < -0.39 is 12.0 Å². The number of hydrogen-bond acceptors (Lipinski definition) is 5. The van der Waals surface area contributed by atoms with E-state index in [0.717, 1.165) is 0 Å². The molecule has 0 spiro atoms. The predicted octanol–water partition coefficient (Wildman–Crippen LogP) is -0.389. The molecule has 7 heteroatoms. The minimum atomic E-state index is -0.708. The Morgan fingerprint density at radius 3 is 3.00 bits per heavy atom. The standard InChI is InChI=1S/C11H15N3O4/c1-17-11(16)9-6-18-3-2-14(9)10(15)8-4-7(12)5-13-8/h4-5,9,13H,2-3,6,12H2,1H3. The van der Waals surface area contributed by atoms with Crippen LogP contribution in [0, 0.1) is 0 Å². The number of anilines is 1. The van der Waals surface area contributed by atoms with Gasteiger partial charge < -0.3 is 25.1 Å². The van der Waals surface area contributed by atoms with Crippen LogP contribution in [0.15, 0.2) is 12.3 Å². The molecule has 2 heterocycles. The number of nitrogen functional groups attached to an aromatic ring is 1. The Kier molecular flexibility index (Phi) is 3.52. The summed E-state index contributed by atoms with van der Waals surface area (Å²) in [6, 6.07) is 0.826. The normalized spacial score (nSPS) is 19.6. The second-order valence-corrected chi connectivity index (χ2v) is 3.96. The lowest BCUT2D eigenvalue weighted by molar-refractivity contribution is -0.151. The molecule has 98 valence electrons. The Hall–Kier alpha value is -2.02. The van der Waals surface area contributed by atoms with E-state index in [1.54, 1.807) is 0 Å². The molecule has 1 saturated heterocycles. The van der Waals surface area contributed by atoms with Crippen molar-refractivity contribution in [2.75, 3.05) is 32.6 Å². The lowest BCUT2D eigenvalue weighted by Crippen LogP contribution is -2.53. The number of H-pyrrole nitrogens is 1. The highest BCUT2D eigenvalue weighted by Gasteiger charge is 2.34. The van der Waals surface area contributed by atoms with E-state index in [2.05, 4.69) is 9.72 Å². The highest BCUT2D eigenvalue weighted by molar-refractivity contribution is 5.96. The maximum atomic E-state index is 12.2. The fraction of sp³-hybridized carbons (Fsp3) is 0.455. The van der Waals surface area contributed by atoms with Crippen LogP contribution in [0.25, 0.3) is 0 Å². The molecular formula is C11H15N3O4. The second-order valence-electron chi connectivity index (χ2n) is 3.96. The van der Waals surface area contributed by atoms with Crippen LogP contribution in [-0.4, -0.2) is 54.7 Å². The van der Waals surface area contributed by atoms with E-state index in [9.17, 15) is 9.59 Å². The highest BCUT2D eigenvalue weighted by Crippen LogP contribution is 2.14. The smallest absolute Gasteiger partial charge is 0.331 e. The number of nitrogens with two attached hydrogens (primary N) is 1. The zero-order valence-electron chi connectivity index (χ0n) is 10.0. The van der Waals surface area contributed by atoms with Crippen molar-refractivity contribution >= 4 is 17.6 Å². The maximum Gasteiger partial charge on any atom is 0.331 e. The van der Waals surface area contributed by atoms with Crippen molar-refractivity contribution in [1.82, 2.24) is 9.88 Å². The summed E-state index contributed by atoms with van der Waals surface area (Å²) in [6.07, 6.45) is 1.53. The predicted molar refractivity (Wildman–Crippen MR) is 62.9 cm³/mol. The highest BCUT2D eigenvalue weighted by atomic mass is 16.5. The number of morpholine rings is 1. The van der Waals surface area contributed by atoms with Gasteiger partial charge in [-0.05, 0) is 6.07 Å². The van der Waals surface area contributed by atoms with Crippen LogP contribution in [0.5, 0.6) is 0 Å². The van der Waals surface area contributed by atoms with Crippen LogP contribution in [0.1, 0.15) is 10.5 Å². The van der Waals surface area contributed by atoms with Crippen molar-refractivity contribution in [2.45, 2.75) is 6.04 Å². The fourth-order valence-electron chi connectivity index (χ4n) is 1.87. The number of nitrogens with zero attached hydrogens (tertiary/aromatic N) is 1. The number of carbonyl (C=O) groups excluding carboxylic acids is 2. The molecule has 1 aliphatic heterocycles. The van der Waals surface area contributed by atoms with Crippen LogP contribution >= 0.6 is 0 Å². The summed E-state index contributed by atoms with van der Waals surface area (Å²) < 4.78 is 9.86. The number of esters is 1. The molecule has 1 aliphatic rings. The van der Waals surface area contributed by atoms with Gasteiger partial charge in [0.15, 0.2) is 6.04 Å². The summed E-state index contributed by atoms with van der Waals surface area (Å²) in [6.45, 7) is 0.890. The molecule has 0 bridgehead atoms. The summed E-state index contributed by atoms with van der Waals surface area (Å²) >= 11 is 0. The minimum absolute atomic E-state index is 0.147. The molecule has 3 N–H and O–H groups in total. The molecule has 1 atom stereocenters. The molecular weight excluding hydrogens is 238 g/mol. The summed E-state index contributed by atoms with van der Waals surface area (Å²) in [5.41, 5.74) is 6.37. The topological polar surface area (TPSA) is 97.7 Å². The number of aromatic nitrogens is 1. The molecule has 1 amide bonds. The molecule has 1 unspecified atom stereocenters. The Morgan fingerprint density at radius 1 is 1.61 bits per heavy atom. The molecule has 1 aromatic heterocycles. The summed E-state index contributed by atoms with van der Waals surface area (Å²) in [7, 11) is 1.28. The van der Waals surface area contributed by atoms with Gasteiger partial charge in [0.25, 0.3) is 5.91 Å². The first-order valence-corrected chi connectivity index (χ1v) is 5.54. The molecule has 0 aromatic carbocycles. The van der Waals surface area contributed by atoms with E-state index in [0.29, 0.717) is 24.5 Å². The SMILES string of the molecule is COC(=O)C1COCCN1C(=O)c1cc(N)c[nH]1.